The van der Waals surface area contributed by atoms with Gasteiger partial charge in [-0.1, -0.05) is 6.92 Å². The Balaban J connectivity index is 4.31. The molecule has 1 unspecified atom stereocenters. The Bertz CT molecular complexity index is 266. The van der Waals surface area contributed by atoms with Crippen molar-refractivity contribution in [3.63, 3.8) is 0 Å². The average molecular weight is 230 g/mol. The van der Waals surface area contributed by atoms with Crippen molar-refractivity contribution >= 4 is 17.8 Å². The number of carbonyl (C=O) groups excluding carboxylic acids is 3. The molecule has 16 heavy (non-hydrogen) atoms. The minimum atomic E-state index is -0.792. The Morgan fingerprint density at radius 3 is 2.38 bits per heavy atom. The van der Waals surface area contributed by atoms with Gasteiger partial charge >= 0.3 is 5.97 Å². The molecule has 0 radical (unpaired) electrons. The lowest BCUT2D eigenvalue weighted by Crippen LogP contribution is -2.42. The summed E-state index contributed by atoms with van der Waals surface area (Å²) in [5, 5.41) is 2.49. The number of esters is 1. The van der Waals surface area contributed by atoms with Gasteiger partial charge in [-0.15, -0.1) is 0 Å². The molecule has 1 atom stereocenters. The standard InChI is InChI=1S/C10H18N2O4/c1-3-9(14)12-7(5-6-8(11)13)10(15)16-4-2/h7H,3-6H2,1-2H3,(H2,11,13)(H,12,14). The molecule has 0 fully saturated rings. The highest BCUT2D eigenvalue weighted by Crippen LogP contribution is 2.00. The Labute approximate surface area is 94.5 Å². The lowest BCUT2D eigenvalue weighted by Gasteiger charge is -2.15. The van der Waals surface area contributed by atoms with Crippen LogP contribution >= 0.6 is 0 Å². The van der Waals surface area contributed by atoms with Crippen molar-refractivity contribution in [3.8, 4) is 0 Å². The van der Waals surface area contributed by atoms with Crippen molar-refractivity contribution in [2.45, 2.75) is 39.2 Å². The van der Waals surface area contributed by atoms with Crippen LogP contribution in [0.2, 0.25) is 0 Å². The first kappa shape index (κ1) is 14.4. The van der Waals surface area contributed by atoms with Gasteiger partial charge in [-0.25, -0.2) is 4.79 Å². The topological polar surface area (TPSA) is 98.5 Å². The predicted octanol–water partition coefficient (Wildman–Crippen LogP) is -0.290. The number of primary amides is 1. The van der Waals surface area contributed by atoms with E-state index in [9.17, 15) is 14.4 Å². The molecule has 0 aliphatic heterocycles. The summed E-state index contributed by atoms with van der Waals surface area (Å²) in [5.41, 5.74) is 4.97. The van der Waals surface area contributed by atoms with Crippen LogP contribution in [0.3, 0.4) is 0 Å². The second-order valence-electron chi connectivity index (χ2n) is 3.23. The SMILES string of the molecule is CCOC(=O)C(CCC(N)=O)NC(=O)CC. The third-order valence-electron chi connectivity index (χ3n) is 1.91. The lowest BCUT2D eigenvalue weighted by atomic mass is 10.1. The van der Waals surface area contributed by atoms with E-state index < -0.39 is 17.9 Å². The van der Waals surface area contributed by atoms with Crippen LogP contribution < -0.4 is 11.1 Å². The van der Waals surface area contributed by atoms with Crippen LogP contribution in [0.5, 0.6) is 0 Å². The summed E-state index contributed by atoms with van der Waals surface area (Å²) in [5.74, 6) is -1.31. The Morgan fingerprint density at radius 2 is 1.94 bits per heavy atom. The molecule has 3 N–H and O–H groups in total. The molecule has 0 aromatic heterocycles. The van der Waals surface area contributed by atoms with Crippen LogP contribution in [0.4, 0.5) is 0 Å². The molecule has 0 aliphatic rings. The molecule has 0 saturated heterocycles. The zero-order chi connectivity index (χ0) is 12.6. The van der Waals surface area contributed by atoms with Crippen LogP contribution in [-0.2, 0) is 19.1 Å². The van der Waals surface area contributed by atoms with E-state index in [0.29, 0.717) is 0 Å². The fourth-order valence-corrected chi connectivity index (χ4v) is 1.07. The molecule has 2 amide bonds. The number of nitrogens with one attached hydrogen (secondary N) is 1. The summed E-state index contributed by atoms with van der Waals surface area (Å²) < 4.78 is 4.78. The molecular formula is C10H18N2O4. The number of rotatable bonds is 7. The molecule has 6 nitrogen and oxygen atoms in total. The summed E-state index contributed by atoms with van der Waals surface area (Å²) in [6.45, 7) is 3.57. The van der Waals surface area contributed by atoms with Crippen LogP contribution in [0, 0.1) is 0 Å². The zero-order valence-corrected chi connectivity index (χ0v) is 9.62. The Kier molecular flexibility index (Phi) is 6.91. The normalized spacial score (nSPS) is 11.6. The van der Waals surface area contributed by atoms with Gasteiger partial charge in [0.05, 0.1) is 6.61 Å². The van der Waals surface area contributed by atoms with Crippen molar-refractivity contribution in [2.75, 3.05) is 6.61 Å². The number of nitrogens with two attached hydrogens (primary N) is 1. The second-order valence-corrected chi connectivity index (χ2v) is 3.23. The van der Waals surface area contributed by atoms with Gasteiger partial charge in [-0.05, 0) is 13.3 Å². The van der Waals surface area contributed by atoms with Crippen molar-refractivity contribution in [1.82, 2.24) is 5.32 Å². The van der Waals surface area contributed by atoms with Gasteiger partial charge in [0.1, 0.15) is 6.04 Å². The maximum atomic E-state index is 11.4. The third kappa shape index (κ3) is 6.00. The molecule has 6 heteroatoms. The van der Waals surface area contributed by atoms with Gasteiger partial charge in [0.2, 0.25) is 11.8 Å². The number of ether oxygens (including phenoxy) is 1. The van der Waals surface area contributed by atoms with Crippen LogP contribution in [0.1, 0.15) is 33.1 Å². The molecule has 0 aliphatic carbocycles. The monoisotopic (exact) mass is 230 g/mol. The molecule has 0 rings (SSSR count). The summed E-state index contributed by atoms with van der Waals surface area (Å²) >= 11 is 0. The van der Waals surface area contributed by atoms with Gasteiger partial charge in [-0.3, -0.25) is 9.59 Å². The van der Waals surface area contributed by atoms with E-state index in [0.717, 1.165) is 0 Å². The second kappa shape index (κ2) is 7.67. The van der Waals surface area contributed by atoms with E-state index in [4.69, 9.17) is 10.5 Å². The highest BCUT2D eigenvalue weighted by Gasteiger charge is 2.21. The quantitative estimate of drug-likeness (QED) is 0.587. The first-order valence-corrected chi connectivity index (χ1v) is 5.25. The van der Waals surface area contributed by atoms with Gasteiger partial charge < -0.3 is 15.8 Å². The number of amides is 2. The van der Waals surface area contributed by atoms with Crippen molar-refractivity contribution < 1.29 is 19.1 Å². The number of carbonyl (C=O) groups is 3. The largest absolute Gasteiger partial charge is 0.464 e. The summed E-state index contributed by atoms with van der Waals surface area (Å²) in [6.07, 6.45) is 0.472. The van der Waals surface area contributed by atoms with E-state index >= 15 is 0 Å². The van der Waals surface area contributed by atoms with E-state index in [1.165, 1.54) is 0 Å². The van der Waals surface area contributed by atoms with Gasteiger partial charge in [0.15, 0.2) is 0 Å². The summed E-state index contributed by atoms with van der Waals surface area (Å²) in [6, 6.07) is -0.792. The average Bonchev–Trinajstić information content (AvgIpc) is 2.23. The van der Waals surface area contributed by atoms with Crippen molar-refractivity contribution in [2.24, 2.45) is 5.73 Å². The molecule has 0 aromatic carbocycles. The van der Waals surface area contributed by atoms with Crippen LogP contribution in [-0.4, -0.2) is 30.4 Å². The highest BCUT2D eigenvalue weighted by molar-refractivity contribution is 5.85. The Hall–Kier alpha value is -1.59. The molecule has 92 valence electrons. The maximum absolute atomic E-state index is 11.4. The molecule has 0 heterocycles. The third-order valence-corrected chi connectivity index (χ3v) is 1.91. The maximum Gasteiger partial charge on any atom is 0.328 e. The minimum absolute atomic E-state index is 0.0352. The molecule has 0 spiro atoms. The van der Waals surface area contributed by atoms with Gasteiger partial charge in [-0.2, -0.15) is 0 Å². The predicted molar refractivity (Wildman–Crippen MR) is 57.3 cm³/mol. The van der Waals surface area contributed by atoms with E-state index in [2.05, 4.69) is 5.32 Å². The van der Waals surface area contributed by atoms with Crippen LogP contribution in [0.15, 0.2) is 0 Å². The smallest absolute Gasteiger partial charge is 0.328 e. The number of hydrogen-bond donors (Lipinski definition) is 2. The van der Waals surface area contributed by atoms with Gasteiger partial charge in [0.25, 0.3) is 0 Å². The van der Waals surface area contributed by atoms with Crippen LogP contribution in [0.25, 0.3) is 0 Å². The number of hydrogen-bond acceptors (Lipinski definition) is 4. The minimum Gasteiger partial charge on any atom is -0.464 e. The molecular weight excluding hydrogens is 212 g/mol. The Morgan fingerprint density at radius 1 is 1.31 bits per heavy atom. The van der Waals surface area contributed by atoms with E-state index in [1.54, 1.807) is 13.8 Å². The fraction of sp³-hybridized carbons (Fsp3) is 0.700. The summed E-state index contributed by atoms with van der Waals surface area (Å²) in [4.78, 5) is 33.2. The van der Waals surface area contributed by atoms with Crippen molar-refractivity contribution in [1.29, 1.82) is 0 Å². The lowest BCUT2D eigenvalue weighted by molar-refractivity contribution is -0.147. The van der Waals surface area contributed by atoms with Gasteiger partial charge in [0, 0.05) is 12.8 Å². The molecule has 0 bridgehead atoms. The van der Waals surface area contributed by atoms with E-state index in [1.807, 2.05) is 0 Å². The molecule has 0 aromatic rings. The summed E-state index contributed by atoms with van der Waals surface area (Å²) in [7, 11) is 0. The van der Waals surface area contributed by atoms with E-state index in [-0.39, 0.29) is 31.8 Å². The molecule has 0 saturated carbocycles. The first-order chi connectivity index (χ1) is 7.51. The fourth-order valence-electron chi connectivity index (χ4n) is 1.07. The van der Waals surface area contributed by atoms with Crippen molar-refractivity contribution in [3.05, 3.63) is 0 Å². The first-order valence-electron chi connectivity index (χ1n) is 5.25. The zero-order valence-electron chi connectivity index (χ0n) is 9.62. The highest BCUT2D eigenvalue weighted by atomic mass is 16.5.